The van der Waals surface area contributed by atoms with Crippen LogP contribution in [0.5, 0.6) is 11.5 Å². The number of likely N-dealkylation sites (N-methyl/N-ethyl adjacent to an activating group) is 1. The Labute approximate surface area is 172 Å². The fourth-order valence-corrected chi connectivity index (χ4v) is 3.61. The average molecular weight is 402 g/mol. The molecule has 2 aromatic carbocycles. The van der Waals surface area contributed by atoms with E-state index in [0.717, 1.165) is 41.9 Å². The van der Waals surface area contributed by atoms with Gasteiger partial charge in [0, 0.05) is 37.6 Å². The van der Waals surface area contributed by atoms with Crippen LogP contribution in [0.4, 0.5) is 0 Å². The Morgan fingerprint density at radius 3 is 2.64 bits per heavy atom. The van der Waals surface area contributed by atoms with Gasteiger partial charge in [0.05, 0.1) is 14.2 Å². The standard InChI is InChI=1S/C22H28ClN3O2/c1-24-22(25-19-14-18(19)16-6-5-7-17(23)13-16)26(2)11-10-15-8-9-20(27-3)21(12-15)28-4/h5-9,12-13,18-19H,10-11,14H2,1-4H3,(H,24,25). The summed E-state index contributed by atoms with van der Waals surface area (Å²) in [6.45, 7) is 0.851. The second-order valence-electron chi connectivity index (χ2n) is 7.06. The number of nitrogens with one attached hydrogen (secondary N) is 1. The minimum Gasteiger partial charge on any atom is -0.493 e. The first-order valence-electron chi connectivity index (χ1n) is 9.46. The largest absolute Gasteiger partial charge is 0.493 e. The summed E-state index contributed by atoms with van der Waals surface area (Å²) in [6.07, 6.45) is 1.99. The van der Waals surface area contributed by atoms with E-state index in [1.165, 1.54) is 11.1 Å². The summed E-state index contributed by atoms with van der Waals surface area (Å²) in [5, 5.41) is 4.36. The molecule has 0 radical (unpaired) electrons. The fourth-order valence-electron chi connectivity index (χ4n) is 3.41. The number of guanidine groups is 1. The molecule has 2 aromatic rings. The van der Waals surface area contributed by atoms with Crippen molar-refractivity contribution in [2.75, 3.05) is 34.9 Å². The number of methoxy groups -OCH3 is 2. The Hall–Kier alpha value is -2.40. The van der Waals surface area contributed by atoms with E-state index < -0.39 is 0 Å². The van der Waals surface area contributed by atoms with Crippen LogP contribution in [-0.4, -0.2) is 51.8 Å². The lowest BCUT2D eigenvalue weighted by Crippen LogP contribution is -2.41. The molecule has 0 saturated heterocycles. The first-order valence-corrected chi connectivity index (χ1v) is 9.84. The molecule has 1 aliphatic carbocycles. The second-order valence-corrected chi connectivity index (χ2v) is 7.49. The van der Waals surface area contributed by atoms with Crippen LogP contribution < -0.4 is 14.8 Å². The third kappa shape index (κ3) is 4.90. The molecule has 1 fully saturated rings. The first-order chi connectivity index (χ1) is 13.5. The summed E-state index contributed by atoms with van der Waals surface area (Å²) in [5.74, 6) is 2.91. The fraction of sp³-hybridized carbons (Fsp3) is 0.409. The summed E-state index contributed by atoms with van der Waals surface area (Å²) in [6, 6.07) is 14.6. The molecule has 1 aliphatic rings. The van der Waals surface area contributed by atoms with Gasteiger partial charge >= 0.3 is 0 Å². The minimum absolute atomic E-state index is 0.403. The summed E-state index contributed by atoms with van der Waals surface area (Å²) < 4.78 is 10.7. The summed E-state index contributed by atoms with van der Waals surface area (Å²) in [4.78, 5) is 6.60. The Bertz CT molecular complexity index is 840. The SMILES string of the molecule is CN=C(NC1CC1c1cccc(Cl)c1)N(C)CCc1ccc(OC)c(OC)c1. The number of rotatable bonds is 7. The lowest BCUT2D eigenvalue weighted by atomic mass is 10.1. The van der Waals surface area contributed by atoms with Crippen molar-refractivity contribution in [3.05, 3.63) is 58.6 Å². The zero-order valence-electron chi connectivity index (χ0n) is 16.9. The van der Waals surface area contributed by atoms with E-state index >= 15 is 0 Å². The number of hydrogen-bond acceptors (Lipinski definition) is 3. The van der Waals surface area contributed by atoms with Crippen molar-refractivity contribution in [1.29, 1.82) is 0 Å². The maximum atomic E-state index is 6.12. The molecule has 0 aliphatic heterocycles. The van der Waals surface area contributed by atoms with Gasteiger partial charge in [0.25, 0.3) is 0 Å². The molecule has 5 nitrogen and oxygen atoms in total. The zero-order chi connectivity index (χ0) is 20.1. The Balaban J connectivity index is 1.54. The lowest BCUT2D eigenvalue weighted by Gasteiger charge is -2.22. The number of nitrogens with zero attached hydrogens (tertiary/aromatic N) is 2. The van der Waals surface area contributed by atoms with E-state index in [0.29, 0.717) is 12.0 Å². The quantitative estimate of drug-likeness (QED) is 0.563. The molecule has 0 amide bonds. The van der Waals surface area contributed by atoms with Gasteiger partial charge in [0.2, 0.25) is 0 Å². The van der Waals surface area contributed by atoms with E-state index in [2.05, 4.69) is 40.5 Å². The van der Waals surface area contributed by atoms with Crippen molar-refractivity contribution in [3.63, 3.8) is 0 Å². The van der Waals surface area contributed by atoms with Crippen molar-refractivity contribution >= 4 is 17.6 Å². The molecular weight excluding hydrogens is 374 g/mol. The molecule has 0 heterocycles. The Morgan fingerprint density at radius 1 is 1.18 bits per heavy atom. The van der Waals surface area contributed by atoms with Crippen molar-refractivity contribution < 1.29 is 9.47 Å². The maximum Gasteiger partial charge on any atom is 0.193 e. The van der Waals surface area contributed by atoms with Gasteiger partial charge in [-0.3, -0.25) is 4.99 Å². The molecule has 1 saturated carbocycles. The van der Waals surface area contributed by atoms with E-state index in [-0.39, 0.29) is 0 Å². The van der Waals surface area contributed by atoms with Gasteiger partial charge in [-0.1, -0.05) is 29.8 Å². The number of hydrogen-bond donors (Lipinski definition) is 1. The van der Waals surface area contributed by atoms with E-state index in [1.807, 2.05) is 31.3 Å². The van der Waals surface area contributed by atoms with Crippen LogP contribution in [0, 0.1) is 0 Å². The highest BCUT2D eigenvalue weighted by molar-refractivity contribution is 6.30. The lowest BCUT2D eigenvalue weighted by molar-refractivity contribution is 0.354. The molecule has 150 valence electrons. The van der Waals surface area contributed by atoms with Crippen LogP contribution in [0.15, 0.2) is 47.5 Å². The van der Waals surface area contributed by atoms with Crippen LogP contribution >= 0.6 is 11.6 Å². The molecule has 0 spiro atoms. The molecule has 0 aromatic heterocycles. The number of aliphatic imine (C=N–C) groups is 1. The van der Waals surface area contributed by atoms with Gasteiger partial charge in [-0.05, 0) is 48.2 Å². The van der Waals surface area contributed by atoms with E-state index in [4.69, 9.17) is 21.1 Å². The van der Waals surface area contributed by atoms with Gasteiger partial charge in [0.1, 0.15) is 0 Å². The van der Waals surface area contributed by atoms with Crippen molar-refractivity contribution in [1.82, 2.24) is 10.2 Å². The van der Waals surface area contributed by atoms with Crippen LogP contribution in [0.3, 0.4) is 0 Å². The highest BCUT2D eigenvalue weighted by atomic mass is 35.5. The highest BCUT2D eigenvalue weighted by Crippen LogP contribution is 2.41. The zero-order valence-corrected chi connectivity index (χ0v) is 17.7. The predicted octanol–water partition coefficient (Wildman–Crippen LogP) is 3.96. The first kappa shape index (κ1) is 20.3. The van der Waals surface area contributed by atoms with Crippen LogP contribution in [0.1, 0.15) is 23.5 Å². The monoisotopic (exact) mass is 401 g/mol. The normalized spacial score (nSPS) is 18.5. The number of halogens is 1. The molecule has 28 heavy (non-hydrogen) atoms. The second kappa shape index (κ2) is 9.20. The summed E-state index contributed by atoms with van der Waals surface area (Å²) >= 11 is 6.12. The molecule has 6 heteroatoms. The van der Waals surface area contributed by atoms with Gasteiger partial charge in [0.15, 0.2) is 17.5 Å². The minimum atomic E-state index is 0.403. The van der Waals surface area contributed by atoms with Gasteiger partial charge in [-0.25, -0.2) is 0 Å². The molecule has 0 bridgehead atoms. The van der Waals surface area contributed by atoms with Crippen molar-refractivity contribution in [3.8, 4) is 11.5 Å². The number of benzene rings is 2. The summed E-state index contributed by atoms with van der Waals surface area (Å²) in [5.41, 5.74) is 2.48. The van der Waals surface area contributed by atoms with Crippen LogP contribution in [-0.2, 0) is 6.42 Å². The van der Waals surface area contributed by atoms with Gasteiger partial charge < -0.3 is 19.7 Å². The highest BCUT2D eigenvalue weighted by Gasteiger charge is 2.39. The molecule has 3 rings (SSSR count). The Kier molecular flexibility index (Phi) is 6.68. The topological polar surface area (TPSA) is 46.1 Å². The predicted molar refractivity (Wildman–Crippen MR) is 115 cm³/mol. The van der Waals surface area contributed by atoms with Gasteiger partial charge in [-0.15, -0.1) is 0 Å². The van der Waals surface area contributed by atoms with Crippen molar-refractivity contribution in [2.45, 2.75) is 24.8 Å². The van der Waals surface area contributed by atoms with Crippen LogP contribution in [0.2, 0.25) is 5.02 Å². The van der Waals surface area contributed by atoms with E-state index in [1.54, 1.807) is 14.2 Å². The smallest absolute Gasteiger partial charge is 0.193 e. The maximum absolute atomic E-state index is 6.12. The van der Waals surface area contributed by atoms with E-state index in [9.17, 15) is 0 Å². The van der Waals surface area contributed by atoms with Gasteiger partial charge in [-0.2, -0.15) is 0 Å². The third-order valence-electron chi connectivity index (χ3n) is 5.14. The summed E-state index contributed by atoms with van der Waals surface area (Å²) in [7, 11) is 7.19. The molecular formula is C22H28ClN3O2. The number of ether oxygens (including phenoxy) is 2. The third-order valence-corrected chi connectivity index (χ3v) is 5.37. The van der Waals surface area contributed by atoms with Crippen LogP contribution in [0.25, 0.3) is 0 Å². The van der Waals surface area contributed by atoms with Crippen molar-refractivity contribution in [2.24, 2.45) is 4.99 Å². The molecule has 2 unspecified atom stereocenters. The molecule has 2 atom stereocenters. The average Bonchev–Trinajstić information content (AvgIpc) is 3.49. The Morgan fingerprint density at radius 2 is 1.96 bits per heavy atom. The molecule has 1 N–H and O–H groups in total.